The van der Waals surface area contributed by atoms with Gasteiger partial charge < -0.3 is 8.94 Å². The molecule has 0 unspecified atom stereocenters. The van der Waals surface area contributed by atoms with Crippen molar-refractivity contribution >= 4 is 22.1 Å². The van der Waals surface area contributed by atoms with Crippen LogP contribution >= 0.6 is 0 Å². The zero-order valence-corrected chi connectivity index (χ0v) is 13.5. The number of benzene rings is 2. The molecule has 2 aromatic heterocycles. The molecule has 0 atom stereocenters. The molecule has 0 fully saturated rings. The van der Waals surface area contributed by atoms with Crippen LogP contribution in [0.5, 0.6) is 0 Å². The summed E-state index contributed by atoms with van der Waals surface area (Å²) in [5.41, 5.74) is 5.88. The van der Waals surface area contributed by atoms with Crippen molar-refractivity contribution < 1.29 is 8.94 Å². The molecular weight excluding hydrogens is 288 g/mol. The number of oxazole rings is 1. The first-order valence-corrected chi connectivity index (χ1v) is 7.84. The molecule has 23 heavy (non-hydrogen) atoms. The fraction of sp³-hybridized carbons (Fsp3) is 0.263. The minimum absolute atomic E-state index is 0.332. The van der Waals surface area contributed by atoms with Gasteiger partial charge in [-0.15, -0.1) is 0 Å². The molecular formula is C19H18N2O2. The SMILES string of the molecule is Cc1ccc2nc(Cc3ccc4onc(C(C)C)c4c3)oc2c1. The van der Waals surface area contributed by atoms with Crippen molar-refractivity contribution in [1.29, 1.82) is 0 Å². The Bertz CT molecular complexity index is 995. The second-order valence-corrected chi connectivity index (χ2v) is 6.31. The van der Waals surface area contributed by atoms with Crippen molar-refractivity contribution in [2.24, 2.45) is 0 Å². The maximum Gasteiger partial charge on any atom is 0.199 e. The Morgan fingerprint density at radius 3 is 2.74 bits per heavy atom. The molecule has 4 nitrogen and oxygen atoms in total. The second-order valence-electron chi connectivity index (χ2n) is 6.31. The number of nitrogens with zero attached hydrogens (tertiary/aromatic N) is 2. The summed E-state index contributed by atoms with van der Waals surface area (Å²) >= 11 is 0. The smallest absolute Gasteiger partial charge is 0.199 e. The molecule has 4 heteroatoms. The monoisotopic (exact) mass is 306 g/mol. The van der Waals surface area contributed by atoms with Gasteiger partial charge in [0.1, 0.15) is 5.52 Å². The summed E-state index contributed by atoms with van der Waals surface area (Å²) in [5.74, 6) is 1.06. The van der Waals surface area contributed by atoms with Crippen molar-refractivity contribution in [1.82, 2.24) is 10.1 Å². The average molecular weight is 306 g/mol. The molecule has 0 bridgehead atoms. The van der Waals surface area contributed by atoms with Crippen molar-refractivity contribution in [3.05, 3.63) is 59.1 Å². The van der Waals surface area contributed by atoms with Gasteiger partial charge in [0.25, 0.3) is 0 Å². The Balaban J connectivity index is 1.71. The van der Waals surface area contributed by atoms with Gasteiger partial charge in [-0.25, -0.2) is 4.98 Å². The predicted molar refractivity (Wildman–Crippen MR) is 89.7 cm³/mol. The molecule has 0 saturated carbocycles. The van der Waals surface area contributed by atoms with Crippen LogP contribution in [-0.2, 0) is 6.42 Å². The van der Waals surface area contributed by atoms with Crippen LogP contribution in [0.15, 0.2) is 45.3 Å². The topological polar surface area (TPSA) is 52.1 Å². The van der Waals surface area contributed by atoms with E-state index in [9.17, 15) is 0 Å². The number of hydrogen-bond acceptors (Lipinski definition) is 4. The molecule has 0 aliphatic rings. The summed E-state index contributed by atoms with van der Waals surface area (Å²) in [4.78, 5) is 4.57. The molecule has 2 heterocycles. The molecule has 0 aliphatic heterocycles. The summed E-state index contributed by atoms with van der Waals surface area (Å²) in [5, 5.41) is 5.25. The Hall–Kier alpha value is -2.62. The van der Waals surface area contributed by atoms with E-state index in [-0.39, 0.29) is 0 Å². The van der Waals surface area contributed by atoms with E-state index in [2.05, 4.69) is 37.0 Å². The van der Waals surface area contributed by atoms with Crippen molar-refractivity contribution in [2.45, 2.75) is 33.1 Å². The molecule has 2 aromatic carbocycles. The van der Waals surface area contributed by atoms with Crippen LogP contribution in [0.3, 0.4) is 0 Å². The zero-order chi connectivity index (χ0) is 16.0. The third-order valence-electron chi connectivity index (χ3n) is 4.05. The number of aromatic nitrogens is 2. The van der Waals surface area contributed by atoms with Crippen LogP contribution in [0.25, 0.3) is 22.1 Å². The fourth-order valence-corrected chi connectivity index (χ4v) is 2.86. The van der Waals surface area contributed by atoms with E-state index >= 15 is 0 Å². The highest BCUT2D eigenvalue weighted by Gasteiger charge is 2.13. The summed E-state index contributed by atoms with van der Waals surface area (Å²) in [6.07, 6.45) is 0.659. The van der Waals surface area contributed by atoms with Gasteiger partial charge in [-0.3, -0.25) is 0 Å². The summed E-state index contributed by atoms with van der Waals surface area (Å²) < 4.78 is 11.3. The predicted octanol–water partition coefficient (Wildman–Crippen LogP) is 4.99. The van der Waals surface area contributed by atoms with Crippen molar-refractivity contribution in [2.75, 3.05) is 0 Å². The van der Waals surface area contributed by atoms with Gasteiger partial charge >= 0.3 is 0 Å². The van der Waals surface area contributed by atoms with Crippen LogP contribution in [0.1, 0.15) is 42.5 Å². The maximum absolute atomic E-state index is 5.87. The molecule has 0 saturated heterocycles. The molecule has 0 aliphatic carbocycles. The van der Waals surface area contributed by atoms with E-state index in [0.717, 1.165) is 39.2 Å². The zero-order valence-electron chi connectivity index (χ0n) is 13.5. The standard InChI is InChI=1S/C19H18N2O2/c1-11(2)19-14-9-13(5-7-16(14)23-21-19)10-18-20-15-6-4-12(3)8-17(15)22-18/h4-9,11H,10H2,1-3H3. The number of hydrogen-bond donors (Lipinski definition) is 0. The quantitative estimate of drug-likeness (QED) is 0.535. The van der Waals surface area contributed by atoms with E-state index in [1.54, 1.807) is 0 Å². The fourth-order valence-electron chi connectivity index (χ4n) is 2.86. The largest absolute Gasteiger partial charge is 0.440 e. The van der Waals surface area contributed by atoms with E-state index in [1.165, 1.54) is 5.56 Å². The van der Waals surface area contributed by atoms with Gasteiger partial charge in [0.15, 0.2) is 17.1 Å². The van der Waals surface area contributed by atoms with Crippen molar-refractivity contribution in [3.63, 3.8) is 0 Å². The van der Waals surface area contributed by atoms with Crippen LogP contribution in [0, 0.1) is 6.92 Å². The van der Waals surface area contributed by atoms with Crippen LogP contribution in [0.2, 0.25) is 0 Å². The molecule has 4 aromatic rings. The second kappa shape index (κ2) is 5.23. The highest BCUT2D eigenvalue weighted by molar-refractivity contribution is 5.80. The van der Waals surface area contributed by atoms with Gasteiger partial charge in [-0.2, -0.15) is 0 Å². The lowest BCUT2D eigenvalue weighted by molar-refractivity contribution is 0.441. The lowest BCUT2D eigenvalue weighted by atomic mass is 10.0. The normalized spacial score (nSPS) is 11.8. The van der Waals surface area contributed by atoms with Gasteiger partial charge in [-0.1, -0.05) is 31.1 Å². The van der Waals surface area contributed by atoms with Crippen LogP contribution < -0.4 is 0 Å². The third kappa shape index (κ3) is 2.50. The maximum atomic E-state index is 5.87. The Kier molecular flexibility index (Phi) is 3.18. The minimum atomic E-state index is 0.332. The summed E-state index contributed by atoms with van der Waals surface area (Å²) in [6.45, 7) is 6.29. The van der Waals surface area contributed by atoms with Crippen LogP contribution in [0.4, 0.5) is 0 Å². The van der Waals surface area contributed by atoms with Crippen LogP contribution in [-0.4, -0.2) is 10.1 Å². The first-order chi connectivity index (χ1) is 11.1. The average Bonchev–Trinajstić information content (AvgIpc) is 3.09. The number of fused-ring (bicyclic) bond motifs is 2. The van der Waals surface area contributed by atoms with Crippen molar-refractivity contribution in [3.8, 4) is 0 Å². The molecule has 4 rings (SSSR count). The molecule has 0 amide bonds. The number of aryl methyl sites for hydroxylation is 1. The third-order valence-corrected chi connectivity index (χ3v) is 4.05. The first-order valence-electron chi connectivity index (χ1n) is 7.84. The lowest BCUT2D eigenvalue weighted by Crippen LogP contribution is -1.90. The van der Waals surface area contributed by atoms with Gasteiger partial charge in [0, 0.05) is 11.8 Å². The van der Waals surface area contributed by atoms with Gasteiger partial charge in [0.2, 0.25) is 0 Å². The van der Waals surface area contributed by atoms with E-state index in [1.807, 2.05) is 30.3 Å². The molecule has 0 spiro atoms. The van der Waals surface area contributed by atoms with E-state index in [4.69, 9.17) is 8.94 Å². The molecule has 0 N–H and O–H groups in total. The summed E-state index contributed by atoms with van der Waals surface area (Å²) in [6, 6.07) is 12.2. The first kappa shape index (κ1) is 14.0. The molecule has 0 radical (unpaired) electrons. The van der Waals surface area contributed by atoms with Gasteiger partial charge in [-0.05, 0) is 48.2 Å². The highest BCUT2D eigenvalue weighted by Crippen LogP contribution is 2.27. The minimum Gasteiger partial charge on any atom is -0.440 e. The molecule has 116 valence electrons. The van der Waals surface area contributed by atoms with E-state index < -0.39 is 0 Å². The number of rotatable bonds is 3. The summed E-state index contributed by atoms with van der Waals surface area (Å²) in [7, 11) is 0. The Labute approximate surface area is 134 Å². The van der Waals surface area contributed by atoms with Gasteiger partial charge in [0.05, 0.1) is 5.69 Å². The Morgan fingerprint density at radius 1 is 1.04 bits per heavy atom. The van der Waals surface area contributed by atoms with E-state index in [0.29, 0.717) is 12.3 Å². The highest BCUT2D eigenvalue weighted by atomic mass is 16.5. The lowest BCUT2D eigenvalue weighted by Gasteiger charge is -2.01. The Morgan fingerprint density at radius 2 is 1.91 bits per heavy atom.